The summed E-state index contributed by atoms with van der Waals surface area (Å²) in [4.78, 5) is 17.8. The zero-order chi connectivity index (χ0) is 23.2. The normalized spacial score (nSPS) is 11.8. The van der Waals surface area contributed by atoms with Gasteiger partial charge in [-0.25, -0.2) is 9.78 Å². The van der Waals surface area contributed by atoms with Crippen LogP contribution in [-0.2, 0) is 19.4 Å². The highest BCUT2D eigenvalue weighted by Crippen LogP contribution is 2.27. The predicted octanol–water partition coefficient (Wildman–Crippen LogP) is 4.98. The lowest BCUT2D eigenvalue weighted by Crippen LogP contribution is -2.09. The Morgan fingerprint density at radius 2 is 2.12 bits per heavy atom. The molecular formula is C23H23ClN6O2S. The number of aryl methyl sites for hydroxylation is 1. The number of halogens is 1. The lowest BCUT2D eigenvalue weighted by molar-refractivity contribution is 0.0690. The summed E-state index contributed by atoms with van der Waals surface area (Å²) in [6.45, 7) is 2.50. The zero-order valence-electron chi connectivity index (χ0n) is 18.0. The molecule has 8 nitrogen and oxygen atoms in total. The quantitative estimate of drug-likeness (QED) is 0.329. The summed E-state index contributed by atoms with van der Waals surface area (Å²) in [5.74, 6) is 0.0461. The first-order valence-corrected chi connectivity index (χ1v) is 11.9. The molecule has 0 fully saturated rings. The van der Waals surface area contributed by atoms with Crippen LogP contribution in [0.25, 0.3) is 11.6 Å². The van der Waals surface area contributed by atoms with E-state index in [2.05, 4.69) is 32.5 Å². The number of H-pyrrole nitrogens is 1. The fourth-order valence-corrected chi connectivity index (χ4v) is 4.50. The van der Waals surface area contributed by atoms with Crippen molar-refractivity contribution in [2.24, 2.45) is 0 Å². The van der Waals surface area contributed by atoms with Crippen LogP contribution >= 0.6 is 22.9 Å². The van der Waals surface area contributed by atoms with Gasteiger partial charge in [-0.15, -0.1) is 21.5 Å². The standard InChI is InChI=1S/C23H23ClN6O2S/c1-2-3-10-20-25-21(23(31)32)19(30(20)14-15-7-4-5-9-18(15)24)13-16(22-26-28-29-27-22)12-17-8-6-11-33-17/h4-9,11,13H,2-3,10,12,14H2,1H3,(H,31,32)(H,26,27,28,29)/b16-13-. The minimum absolute atomic E-state index is 0.000307. The van der Waals surface area contributed by atoms with E-state index in [1.807, 2.05) is 52.4 Å². The molecule has 170 valence electrons. The van der Waals surface area contributed by atoms with Crippen LogP contribution in [0.15, 0.2) is 41.8 Å². The van der Waals surface area contributed by atoms with E-state index in [0.29, 0.717) is 41.8 Å². The van der Waals surface area contributed by atoms with Crippen LogP contribution in [0.5, 0.6) is 0 Å². The summed E-state index contributed by atoms with van der Waals surface area (Å²) >= 11 is 8.05. The number of aromatic carboxylic acids is 1. The highest BCUT2D eigenvalue weighted by atomic mass is 35.5. The third-order valence-electron chi connectivity index (χ3n) is 5.22. The van der Waals surface area contributed by atoms with Gasteiger partial charge in [0.1, 0.15) is 5.82 Å². The van der Waals surface area contributed by atoms with Crippen LogP contribution in [0.1, 0.15) is 58.0 Å². The molecule has 10 heteroatoms. The molecule has 0 saturated carbocycles. The smallest absolute Gasteiger partial charge is 0.356 e. The van der Waals surface area contributed by atoms with Crippen molar-refractivity contribution in [1.29, 1.82) is 0 Å². The van der Waals surface area contributed by atoms with Gasteiger partial charge in [0.25, 0.3) is 0 Å². The van der Waals surface area contributed by atoms with E-state index >= 15 is 0 Å². The Hall–Kier alpha value is -3.30. The Labute approximate surface area is 200 Å². The van der Waals surface area contributed by atoms with E-state index in [9.17, 15) is 9.90 Å². The molecule has 0 unspecified atom stereocenters. The molecule has 0 aliphatic rings. The third kappa shape index (κ3) is 5.37. The molecule has 0 saturated heterocycles. The van der Waals surface area contributed by atoms with Gasteiger partial charge < -0.3 is 9.67 Å². The molecule has 33 heavy (non-hydrogen) atoms. The number of rotatable bonds is 10. The number of benzene rings is 1. The zero-order valence-corrected chi connectivity index (χ0v) is 19.6. The van der Waals surface area contributed by atoms with Crippen LogP contribution < -0.4 is 0 Å². The second-order valence-electron chi connectivity index (χ2n) is 7.51. The summed E-state index contributed by atoms with van der Waals surface area (Å²) in [7, 11) is 0. The fraction of sp³-hybridized carbons (Fsp3) is 0.261. The molecule has 4 aromatic rings. The van der Waals surface area contributed by atoms with Gasteiger partial charge in [-0.1, -0.05) is 49.2 Å². The van der Waals surface area contributed by atoms with Crippen molar-refractivity contribution in [1.82, 2.24) is 30.2 Å². The van der Waals surface area contributed by atoms with Gasteiger partial charge in [0, 0.05) is 28.3 Å². The summed E-state index contributed by atoms with van der Waals surface area (Å²) in [5.41, 5.74) is 2.13. The summed E-state index contributed by atoms with van der Waals surface area (Å²) in [6, 6.07) is 11.5. The number of hydrogen-bond donors (Lipinski definition) is 2. The molecule has 0 aliphatic heterocycles. The summed E-state index contributed by atoms with van der Waals surface area (Å²) in [6.07, 6.45) is 4.89. The average Bonchev–Trinajstić information content (AvgIpc) is 3.56. The molecule has 0 bridgehead atoms. The minimum atomic E-state index is -1.08. The highest BCUT2D eigenvalue weighted by molar-refractivity contribution is 7.10. The van der Waals surface area contributed by atoms with Gasteiger partial charge in [0.2, 0.25) is 5.82 Å². The number of nitrogens with one attached hydrogen (secondary N) is 1. The highest BCUT2D eigenvalue weighted by Gasteiger charge is 2.23. The first kappa shape index (κ1) is 22.9. The summed E-state index contributed by atoms with van der Waals surface area (Å²) in [5, 5.41) is 27.0. The van der Waals surface area contributed by atoms with Crippen LogP contribution in [-0.4, -0.2) is 41.3 Å². The lowest BCUT2D eigenvalue weighted by atomic mass is 10.1. The molecule has 0 aliphatic carbocycles. The van der Waals surface area contributed by atoms with Crippen molar-refractivity contribution >= 4 is 40.6 Å². The maximum atomic E-state index is 12.2. The number of imidazole rings is 1. The number of allylic oxidation sites excluding steroid dienone is 1. The molecule has 4 rings (SSSR count). The maximum Gasteiger partial charge on any atom is 0.356 e. The fourth-order valence-electron chi connectivity index (χ4n) is 3.57. The average molecular weight is 483 g/mol. The number of carboxylic acid groups (broad SMARTS) is 1. The van der Waals surface area contributed by atoms with Gasteiger partial charge in [-0.05, 0) is 40.8 Å². The first-order valence-electron chi connectivity index (χ1n) is 10.6. The van der Waals surface area contributed by atoms with Crippen LogP contribution in [0, 0.1) is 0 Å². The number of thiophene rings is 1. The molecule has 2 N–H and O–H groups in total. The van der Waals surface area contributed by atoms with Crippen molar-refractivity contribution in [2.45, 2.75) is 39.2 Å². The van der Waals surface area contributed by atoms with Crippen molar-refractivity contribution in [2.75, 3.05) is 0 Å². The first-order chi connectivity index (χ1) is 16.1. The van der Waals surface area contributed by atoms with Crippen LogP contribution in [0.4, 0.5) is 0 Å². The lowest BCUT2D eigenvalue weighted by Gasteiger charge is -2.13. The maximum absolute atomic E-state index is 12.2. The number of unbranched alkanes of at least 4 members (excludes halogenated alkanes) is 1. The SMILES string of the molecule is CCCCc1nc(C(=O)O)c(/C=C(/Cc2cccs2)c2nn[nH]n2)n1Cc1ccccc1Cl. The predicted molar refractivity (Wildman–Crippen MR) is 128 cm³/mol. The molecule has 3 heterocycles. The second-order valence-corrected chi connectivity index (χ2v) is 8.95. The van der Waals surface area contributed by atoms with E-state index in [0.717, 1.165) is 28.9 Å². The Kier molecular flexibility index (Phi) is 7.31. The van der Waals surface area contributed by atoms with Gasteiger partial charge >= 0.3 is 5.97 Å². The van der Waals surface area contributed by atoms with E-state index in [1.54, 1.807) is 11.3 Å². The molecule has 0 amide bonds. The number of carbonyl (C=O) groups is 1. The van der Waals surface area contributed by atoms with E-state index in [1.165, 1.54) is 0 Å². The Bertz CT molecular complexity index is 1250. The molecule has 0 spiro atoms. The molecule has 0 atom stereocenters. The van der Waals surface area contributed by atoms with Crippen molar-refractivity contribution in [3.8, 4) is 0 Å². The van der Waals surface area contributed by atoms with Crippen LogP contribution in [0.3, 0.4) is 0 Å². The Balaban J connectivity index is 1.87. The monoisotopic (exact) mass is 482 g/mol. The third-order valence-corrected chi connectivity index (χ3v) is 6.46. The number of nitrogens with zero attached hydrogens (tertiary/aromatic N) is 5. The number of aromatic amines is 1. The molecule has 1 aromatic carbocycles. The molecule has 0 radical (unpaired) electrons. The Morgan fingerprint density at radius 3 is 2.79 bits per heavy atom. The number of aromatic nitrogens is 6. The number of tetrazole rings is 1. The number of hydrogen-bond acceptors (Lipinski definition) is 6. The van der Waals surface area contributed by atoms with Gasteiger partial charge in [0.05, 0.1) is 12.2 Å². The van der Waals surface area contributed by atoms with Crippen molar-refractivity contribution in [3.05, 3.63) is 80.3 Å². The van der Waals surface area contributed by atoms with Crippen LogP contribution in [0.2, 0.25) is 5.02 Å². The van der Waals surface area contributed by atoms with Gasteiger partial charge in [-0.2, -0.15) is 5.21 Å². The number of carboxylic acids is 1. The van der Waals surface area contributed by atoms with E-state index in [4.69, 9.17) is 11.6 Å². The van der Waals surface area contributed by atoms with Crippen molar-refractivity contribution in [3.63, 3.8) is 0 Å². The Morgan fingerprint density at radius 1 is 1.27 bits per heavy atom. The van der Waals surface area contributed by atoms with Gasteiger partial charge in [-0.3, -0.25) is 0 Å². The van der Waals surface area contributed by atoms with E-state index < -0.39 is 5.97 Å². The minimum Gasteiger partial charge on any atom is -0.476 e. The topological polar surface area (TPSA) is 110 Å². The van der Waals surface area contributed by atoms with Gasteiger partial charge in [0.15, 0.2) is 5.69 Å². The molecule has 3 aromatic heterocycles. The molecular weight excluding hydrogens is 460 g/mol. The van der Waals surface area contributed by atoms with Crippen molar-refractivity contribution < 1.29 is 9.90 Å². The van der Waals surface area contributed by atoms with E-state index in [-0.39, 0.29) is 5.69 Å². The second kappa shape index (κ2) is 10.5. The largest absolute Gasteiger partial charge is 0.476 e. The summed E-state index contributed by atoms with van der Waals surface area (Å²) < 4.78 is 1.94.